The van der Waals surface area contributed by atoms with Gasteiger partial charge in [-0.1, -0.05) is 60.2 Å². The highest BCUT2D eigenvalue weighted by molar-refractivity contribution is 7.18. The van der Waals surface area contributed by atoms with Gasteiger partial charge in [-0.05, 0) is 31.2 Å². The summed E-state index contributed by atoms with van der Waals surface area (Å²) in [6.45, 7) is 2.72. The Balaban J connectivity index is 1.59. The second kappa shape index (κ2) is 8.55. The lowest BCUT2D eigenvalue weighted by Crippen LogP contribution is -3.09. The summed E-state index contributed by atoms with van der Waals surface area (Å²) >= 11 is 1.69. The molecule has 0 aliphatic rings. The highest BCUT2D eigenvalue weighted by Gasteiger charge is 2.30. The first kappa shape index (κ1) is 19.3. The molecule has 0 fully saturated rings. The summed E-state index contributed by atoms with van der Waals surface area (Å²) in [6.07, 6.45) is 0. The fraction of sp³-hybridized carbons (Fsp3) is 0.167. The summed E-state index contributed by atoms with van der Waals surface area (Å²) in [7, 11) is 2.05. The Morgan fingerprint density at radius 3 is 2.41 bits per heavy atom. The van der Waals surface area contributed by atoms with Crippen LogP contribution in [-0.2, 0) is 11.3 Å². The summed E-state index contributed by atoms with van der Waals surface area (Å²) in [5.74, 6) is -0.0151. The molecule has 0 aliphatic carbocycles. The number of aryl methyl sites for hydroxylation is 1. The van der Waals surface area contributed by atoms with E-state index in [1.807, 2.05) is 79.7 Å². The average Bonchev–Trinajstić information content (AvgIpc) is 3.13. The smallest absolute Gasteiger partial charge is 0.287 e. The van der Waals surface area contributed by atoms with Gasteiger partial charge in [0, 0.05) is 11.3 Å². The first-order valence-corrected chi connectivity index (χ1v) is 10.5. The van der Waals surface area contributed by atoms with Crippen LogP contribution >= 0.6 is 11.3 Å². The number of likely N-dealkylation sites (N-methyl/N-ethyl adjacent to an activating group) is 1. The topological polar surface area (TPSA) is 46.4 Å². The number of nitrogens with one attached hydrogen (secondary N) is 2. The average molecular weight is 403 g/mol. The number of hydrogen-bond donors (Lipinski definition) is 2. The van der Waals surface area contributed by atoms with E-state index in [1.165, 1.54) is 10.3 Å². The van der Waals surface area contributed by atoms with Crippen LogP contribution in [-0.4, -0.2) is 17.9 Å². The van der Waals surface area contributed by atoms with Crippen LogP contribution in [0.15, 0.2) is 78.9 Å². The Labute approximate surface area is 174 Å². The third-order valence-electron chi connectivity index (χ3n) is 4.98. The minimum atomic E-state index is -0.329. The number of quaternary nitrogens is 1. The van der Waals surface area contributed by atoms with Gasteiger partial charge in [0.1, 0.15) is 11.6 Å². The minimum Gasteiger partial charge on any atom is -0.321 e. The fourth-order valence-corrected chi connectivity index (χ4v) is 4.56. The molecule has 4 nitrogen and oxygen atoms in total. The van der Waals surface area contributed by atoms with Gasteiger partial charge in [-0.2, -0.15) is 0 Å². The third-order valence-corrected chi connectivity index (χ3v) is 6.01. The Bertz CT molecular complexity index is 1070. The molecule has 1 heterocycles. The zero-order valence-electron chi connectivity index (χ0n) is 16.6. The first-order chi connectivity index (χ1) is 14.1. The number of nitrogens with zero attached hydrogens (tertiary/aromatic N) is 1. The van der Waals surface area contributed by atoms with E-state index in [9.17, 15) is 4.79 Å². The van der Waals surface area contributed by atoms with E-state index >= 15 is 0 Å². The standard InChI is InChI=1S/C24H23N3OS/c1-17-12-14-19(15-13-17)25-24(28)23(18-8-4-3-5-9-18)27(2)16-22-26-20-10-6-7-11-21(20)29-22/h3-15,23H,16H2,1-2H3,(H,25,28)/p+1/t23-/m0/s1. The van der Waals surface area contributed by atoms with Crippen molar-refractivity contribution in [3.05, 3.63) is 95.0 Å². The number of rotatable bonds is 6. The van der Waals surface area contributed by atoms with Gasteiger partial charge in [0.15, 0.2) is 6.04 Å². The molecular weight excluding hydrogens is 378 g/mol. The van der Waals surface area contributed by atoms with Crippen molar-refractivity contribution in [2.75, 3.05) is 12.4 Å². The number of thiazole rings is 1. The molecular formula is C24H24N3OS+. The Morgan fingerprint density at radius 2 is 1.69 bits per heavy atom. The number of benzene rings is 3. The van der Waals surface area contributed by atoms with Crippen molar-refractivity contribution in [2.45, 2.75) is 19.5 Å². The minimum absolute atomic E-state index is 0.0151. The molecule has 1 aromatic heterocycles. The van der Waals surface area contributed by atoms with Crippen molar-refractivity contribution in [3.8, 4) is 0 Å². The van der Waals surface area contributed by atoms with Crippen molar-refractivity contribution in [2.24, 2.45) is 0 Å². The van der Waals surface area contributed by atoms with E-state index in [2.05, 4.69) is 18.4 Å². The molecule has 5 heteroatoms. The number of hydrogen-bond acceptors (Lipinski definition) is 3. The second-order valence-corrected chi connectivity index (χ2v) is 8.41. The zero-order chi connectivity index (χ0) is 20.2. The largest absolute Gasteiger partial charge is 0.321 e. The van der Waals surface area contributed by atoms with Crippen molar-refractivity contribution in [1.29, 1.82) is 0 Å². The van der Waals surface area contributed by atoms with Crippen molar-refractivity contribution < 1.29 is 9.69 Å². The summed E-state index contributed by atoms with van der Waals surface area (Å²) in [4.78, 5) is 19.1. The quantitative estimate of drug-likeness (QED) is 0.512. The van der Waals surface area contributed by atoms with Crippen molar-refractivity contribution in [1.82, 2.24) is 4.98 Å². The monoisotopic (exact) mass is 402 g/mol. The normalized spacial score (nSPS) is 13.2. The number of amides is 1. The lowest BCUT2D eigenvalue weighted by Gasteiger charge is -2.24. The lowest BCUT2D eigenvalue weighted by molar-refractivity contribution is -0.915. The van der Waals surface area contributed by atoms with Crippen LogP contribution in [0.3, 0.4) is 0 Å². The number of para-hydroxylation sites is 1. The highest BCUT2D eigenvalue weighted by Crippen LogP contribution is 2.21. The van der Waals surface area contributed by atoms with Gasteiger partial charge in [0.05, 0.1) is 17.3 Å². The molecule has 29 heavy (non-hydrogen) atoms. The van der Waals surface area contributed by atoms with E-state index in [0.717, 1.165) is 26.7 Å². The molecule has 2 atom stereocenters. The molecule has 0 saturated carbocycles. The molecule has 2 N–H and O–H groups in total. The number of aromatic nitrogens is 1. The van der Waals surface area contributed by atoms with E-state index in [0.29, 0.717) is 6.54 Å². The third kappa shape index (κ3) is 4.53. The van der Waals surface area contributed by atoms with Gasteiger partial charge in [0.2, 0.25) is 0 Å². The molecule has 0 aliphatic heterocycles. The number of carbonyl (C=O) groups is 1. The van der Waals surface area contributed by atoms with E-state index in [4.69, 9.17) is 4.98 Å². The van der Waals surface area contributed by atoms with Gasteiger partial charge < -0.3 is 10.2 Å². The Hall–Kier alpha value is -3.02. The molecule has 0 radical (unpaired) electrons. The van der Waals surface area contributed by atoms with Gasteiger partial charge in [-0.3, -0.25) is 4.79 Å². The van der Waals surface area contributed by atoms with Crippen molar-refractivity contribution in [3.63, 3.8) is 0 Å². The summed E-state index contributed by atoms with van der Waals surface area (Å²) in [5, 5.41) is 4.12. The summed E-state index contributed by atoms with van der Waals surface area (Å²) < 4.78 is 1.18. The predicted octanol–water partition coefficient (Wildman–Crippen LogP) is 4.00. The fourth-order valence-electron chi connectivity index (χ4n) is 3.49. The van der Waals surface area contributed by atoms with E-state index in [1.54, 1.807) is 11.3 Å². The van der Waals surface area contributed by atoms with Crippen LogP contribution in [0.5, 0.6) is 0 Å². The zero-order valence-corrected chi connectivity index (χ0v) is 17.4. The van der Waals surface area contributed by atoms with Crippen LogP contribution in [0.1, 0.15) is 22.2 Å². The Morgan fingerprint density at radius 1 is 1.00 bits per heavy atom. The van der Waals surface area contributed by atoms with Crippen LogP contribution < -0.4 is 10.2 Å². The Kier molecular flexibility index (Phi) is 5.69. The summed E-state index contributed by atoms with van der Waals surface area (Å²) in [6, 6.07) is 25.7. The number of carbonyl (C=O) groups excluding carboxylic acids is 1. The van der Waals surface area contributed by atoms with Crippen LogP contribution in [0.25, 0.3) is 10.2 Å². The SMILES string of the molecule is Cc1ccc(NC(=O)[C@H](c2ccccc2)[NH+](C)Cc2nc3ccccc3s2)cc1. The predicted molar refractivity (Wildman–Crippen MR) is 119 cm³/mol. The van der Waals surface area contributed by atoms with E-state index < -0.39 is 0 Å². The van der Waals surface area contributed by atoms with Crippen molar-refractivity contribution >= 4 is 33.1 Å². The van der Waals surface area contributed by atoms with Gasteiger partial charge in [-0.15, -0.1) is 11.3 Å². The molecule has 0 saturated heterocycles. The summed E-state index contributed by atoms with van der Waals surface area (Å²) in [5.41, 5.74) is 3.99. The molecule has 3 aromatic carbocycles. The van der Waals surface area contributed by atoms with Crippen LogP contribution in [0.2, 0.25) is 0 Å². The molecule has 0 spiro atoms. The molecule has 1 unspecified atom stereocenters. The molecule has 1 amide bonds. The van der Waals surface area contributed by atoms with Gasteiger partial charge in [-0.25, -0.2) is 4.98 Å². The maximum Gasteiger partial charge on any atom is 0.287 e. The van der Waals surface area contributed by atoms with Gasteiger partial charge in [0.25, 0.3) is 5.91 Å². The highest BCUT2D eigenvalue weighted by atomic mass is 32.1. The van der Waals surface area contributed by atoms with Crippen LogP contribution in [0, 0.1) is 6.92 Å². The second-order valence-electron chi connectivity index (χ2n) is 7.30. The lowest BCUT2D eigenvalue weighted by atomic mass is 10.0. The number of anilines is 1. The van der Waals surface area contributed by atoms with E-state index in [-0.39, 0.29) is 11.9 Å². The molecule has 146 valence electrons. The number of fused-ring (bicyclic) bond motifs is 1. The molecule has 0 bridgehead atoms. The van der Waals surface area contributed by atoms with Gasteiger partial charge >= 0.3 is 0 Å². The molecule has 4 rings (SSSR count). The molecule has 4 aromatic rings. The maximum atomic E-state index is 13.3. The maximum absolute atomic E-state index is 13.3. The van der Waals surface area contributed by atoms with Crippen LogP contribution in [0.4, 0.5) is 5.69 Å². The first-order valence-electron chi connectivity index (χ1n) is 9.69.